The fourth-order valence-corrected chi connectivity index (χ4v) is 4.09. The number of nitrogens with zero attached hydrogens (tertiary/aromatic N) is 1. The van der Waals surface area contributed by atoms with E-state index in [9.17, 15) is 8.42 Å². The smallest absolute Gasteiger partial charge is 0.213 e. The molecule has 5 nitrogen and oxygen atoms in total. The Bertz CT molecular complexity index is 333. The van der Waals surface area contributed by atoms with Gasteiger partial charge in [-0.25, -0.2) is 13.1 Å². The Morgan fingerprint density at radius 1 is 1.17 bits per heavy atom. The van der Waals surface area contributed by atoms with E-state index in [2.05, 4.69) is 14.9 Å². The summed E-state index contributed by atoms with van der Waals surface area (Å²) >= 11 is 0. The molecule has 18 heavy (non-hydrogen) atoms. The SMILES string of the molecule is O=S(=O)(CC1CCCCN1)NCCN1CCCC1. The highest BCUT2D eigenvalue weighted by molar-refractivity contribution is 7.89. The van der Waals surface area contributed by atoms with Crippen LogP contribution in [0.1, 0.15) is 32.1 Å². The Balaban J connectivity index is 1.66. The highest BCUT2D eigenvalue weighted by Crippen LogP contribution is 2.09. The predicted octanol–water partition coefficient (Wildman–Crippen LogP) is 0.144. The maximum Gasteiger partial charge on any atom is 0.213 e. The maximum atomic E-state index is 11.9. The fraction of sp³-hybridized carbons (Fsp3) is 1.00. The Kier molecular flexibility index (Phi) is 5.41. The second-order valence-electron chi connectivity index (χ2n) is 5.37. The molecule has 6 heteroatoms. The molecular weight excluding hydrogens is 250 g/mol. The van der Waals surface area contributed by atoms with E-state index in [1.165, 1.54) is 19.3 Å². The van der Waals surface area contributed by atoms with Crippen molar-refractivity contribution in [2.75, 3.05) is 38.5 Å². The molecule has 0 saturated carbocycles. The molecule has 0 spiro atoms. The summed E-state index contributed by atoms with van der Waals surface area (Å²) in [6.45, 7) is 4.58. The highest BCUT2D eigenvalue weighted by Gasteiger charge is 2.20. The van der Waals surface area contributed by atoms with Crippen molar-refractivity contribution < 1.29 is 8.42 Å². The molecule has 1 unspecified atom stereocenters. The maximum absolute atomic E-state index is 11.9. The molecular formula is C12H25N3O2S. The number of likely N-dealkylation sites (tertiary alicyclic amines) is 1. The molecule has 2 saturated heterocycles. The molecule has 2 N–H and O–H groups in total. The second-order valence-corrected chi connectivity index (χ2v) is 7.22. The topological polar surface area (TPSA) is 61.4 Å². The van der Waals surface area contributed by atoms with Crippen molar-refractivity contribution in [2.45, 2.75) is 38.1 Å². The lowest BCUT2D eigenvalue weighted by atomic mass is 10.1. The van der Waals surface area contributed by atoms with Crippen LogP contribution in [0.5, 0.6) is 0 Å². The first-order valence-electron chi connectivity index (χ1n) is 7.09. The van der Waals surface area contributed by atoms with E-state index < -0.39 is 10.0 Å². The molecule has 1 atom stereocenters. The quantitative estimate of drug-likeness (QED) is 0.724. The molecule has 106 valence electrons. The van der Waals surface area contributed by atoms with Crippen LogP contribution in [0.2, 0.25) is 0 Å². The highest BCUT2D eigenvalue weighted by atomic mass is 32.2. The summed E-state index contributed by atoms with van der Waals surface area (Å²) in [6.07, 6.45) is 5.78. The van der Waals surface area contributed by atoms with Crippen LogP contribution in [-0.2, 0) is 10.0 Å². The van der Waals surface area contributed by atoms with Crippen molar-refractivity contribution in [1.82, 2.24) is 14.9 Å². The van der Waals surface area contributed by atoms with Crippen LogP contribution >= 0.6 is 0 Å². The average molecular weight is 275 g/mol. The van der Waals surface area contributed by atoms with Crippen molar-refractivity contribution in [2.24, 2.45) is 0 Å². The van der Waals surface area contributed by atoms with Gasteiger partial charge in [-0.05, 0) is 45.3 Å². The fourth-order valence-electron chi connectivity index (χ4n) is 2.76. The van der Waals surface area contributed by atoms with Gasteiger partial charge in [0.1, 0.15) is 0 Å². The first-order valence-corrected chi connectivity index (χ1v) is 8.74. The van der Waals surface area contributed by atoms with Gasteiger partial charge in [0.2, 0.25) is 10.0 Å². The largest absolute Gasteiger partial charge is 0.313 e. The zero-order valence-electron chi connectivity index (χ0n) is 11.0. The van der Waals surface area contributed by atoms with Gasteiger partial charge in [-0.2, -0.15) is 0 Å². The third kappa shape index (κ3) is 4.84. The van der Waals surface area contributed by atoms with E-state index in [0.29, 0.717) is 6.54 Å². The number of piperidine rings is 1. The molecule has 0 aromatic heterocycles. The molecule has 0 amide bonds. The van der Waals surface area contributed by atoms with Gasteiger partial charge in [0.25, 0.3) is 0 Å². The molecule has 2 heterocycles. The van der Waals surface area contributed by atoms with E-state index in [0.717, 1.165) is 39.0 Å². The molecule has 2 aliphatic rings. The third-order valence-electron chi connectivity index (χ3n) is 3.78. The molecule has 0 radical (unpaired) electrons. The number of sulfonamides is 1. The van der Waals surface area contributed by atoms with Gasteiger partial charge < -0.3 is 10.2 Å². The predicted molar refractivity (Wildman–Crippen MR) is 73.1 cm³/mol. The number of hydrogen-bond donors (Lipinski definition) is 2. The Morgan fingerprint density at radius 3 is 2.61 bits per heavy atom. The van der Waals surface area contributed by atoms with E-state index >= 15 is 0 Å². The van der Waals surface area contributed by atoms with Crippen LogP contribution in [0, 0.1) is 0 Å². The van der Waals surface area contributed by atoms with Crippen LogP contribution in [0.15, 0.2) is 0 Å². The molecule has 0 aliphatic carbocycles. The van der Waals surface area contributed by atoms with Gasteiger partial charge >= 0.3 is 0 Å². The zero-order valence-corrected chi connectivity index (χ0v) is 11.8. The number of rotatable bonds is 6. The minimum absolute atomic E-state index is 0.142. The summed E-state index contributed by atoms with van der Waals surface area (Å²) < 4.78 is 26.5. The van der Waals surface area contributed by atoms with Crippen LogP contribution in [0.4, 0.5) is 0 Å². The molecule has 0 bridgehead atoms. The Morgan fingerprint density at radius 2 is 1.94 bits per heavy atom. The average Bonchev–Trinajstić information content (AvgIpc) is 2.82. The summed E-state index contributed by atoms with van der Waals surface area (Å²) in [7, 11) is -3.11. The lowest BCUT2D eigenvalue weighted by molar-refractivity contribution is 0.343. The second kappa shape index (κ2) is 6.84. The van der Waals surface area contributed by atoms with Crippen LogP contribution in [-0.4, -0.2) is 57.8 Å². The minimum atomic E-state index is -3.11. The summed E-state index contributed by atoms with van der Waals surface area (Å²) in [5.74, 6) is 0.229. The minimum Gasteiger partial charge on any atom is -0.313 e. The lowest BCUT2D eigenvalue weighted by Crippen LogP contribution is -2.43. The molecule has 2 aliphatic heterocycles. The normalized spacial score (nSPS) is 26.6. The Labute approximate surface area is 110 Å². The van der Waals surface area contributed by atoms with E-state index in [1.807, 2.05) is 0 Å². The van der Waals surface area contributed by atoms with Gasteiger partial charge in [0.05, 0.1) is 5.75 Å². The van der Waals surface area contributed by atoms with Gasteiger partial charge in [-0.1, -0.05) is 6.42 Å². The number of hydrogen-bond acceptors (Lipinski definition) is 4. The molecule has 2 fully saturated rings. The summed E-state index contributed by atoms with van der Waals surface area (Å²) in [5.41, 5.74) is 0. The van der Waals surface area contributed by atoms with Crippen molar-refractivity contribution in [3.8, 4) is 0 Å². The summed E-state index contributed by atoms with van der Waals surface area (Å²) in [4.78, 5) is 2.32. The third-order valence-corrected chi connectivity index (χ3v) is 5.27. The van der Waals surface area contributed by atoms with Gasteiger partial charge in [-0.15, -0.1) is 0 Å². The molecule has 2 rings (SSSR count). The van der Waals surface area contributed by atoms with E-state index in [-0.39, 0.29) is 11.8 Å². The monoisotopic (exact) mass is 275 g/mol. The van der Waals surface area contributed by atoms with E-state index in [1.54, 1.807) is 0 Å². The van der Waals surface area contributed by atoms with Gasteiger partial charge in [0, 0.05) is 19.1 Å². The first kappa shape index (κ1) is 14.2. The van der Waals surface area contributed by atoms with Crippen molar-refractivity contribution in [3.63, 3.8) is 0 Å². The van der Waals surface area contributed by atoms with Crippen LogP contribution in [0.25, 0.3) is 0 Å². The van der Waals surface area contributed by atoms with Crippen LogP contribution < -0.4 is 10.0 Å². The van der Waals surface area contributed by atoms with Gasteiger partial charge in [0.15, 0.2) is 0 Å². The zero-order chi connectivity index (χ0) is 12.8. The van der Waals surface area contributed by atoms with Gasteiger partial charge in [-0.3, -0.25) is 0 Å². The number of nitrogens with one attached hydrogen (secondary N) is 2. The van der Waals surface area contributed by atoms with Crippen molar-refractivity contribution in [1.29, 1.82) is 0 Å². The standard InChI is InChI=1S/C12H25N3O2S/c16-18(17,11-12-5-1-2-6-13-12)14-7-10-15-8-3-4-9-15/h12-14H,1-11H2. The first-order chi connectivity index (χ1) is 8.66. The summed E-state index contributed by atoms with van der Waals surface area (Å²) in [5, 5.41) is 3.28. The Hall–Kier alpha value is -0.170. The van der Waals surface area contributed by atoms with Crippen molar-refractivity contribution in [3.05, 3.63) is 0 Å². The van der Waals surface area contributed by atoms with E-state index in [4.69, 9.17) is 0 Å². The van der Waals surface area contributed by atoms with Crippen molar-refractivity contribution >= 4 is 10.0 Å². The van der Waals surface area contributed by atoms with Crippen LogP contribution in [0.3, 0.4) is 0 Å². The summed E-state index contributed by atoms with van der Waals surface area (Å²) in [6, 6.07) is 0.142. The molecule has 0 aromatic carbocycles. The molecule has 0 aromatic rings. The lowest BCUT2D eigenvalue weighted by Gasteiger charge is -2.23.